The lowest BCUT2D eigenvalue weighted by atomic mass is 9.61. The minimum atomic E-state index is 0.774. The molecule has 2 unspecified atom stereocenters. The molecule has 0 saturated heterocycles. The molecule has 20 rings (SSSR count). The van der Waals surface area contributed by atoms with Gasteiger partial charge in [-0.3, -0.25) is 0 Å². The van der Waals surface area contributed by atoms with Crippen molar-refractivity contribution in [2.24, 2.45) is 94.2 Å². The second-order valence-electron chi connectivity index (χ2n) is 36.7. The van der Waals surface area contributed by atoms with E-state index in [9.17, 15) is 0 Å². The number of hydrogen-bond acceptors (Lipinski definition) is 0. The van der Waals surface area contributed by atoms with Crippen LogP contribution in [0.15, 0.2) is 0 Å². The molecule has 12 atom stereocenters. The van der Waals surface area contributed by atoms with E-state index < -0.39 is 0 Å². The summed E-state index contributed by atoms with van der Waals surface area (Å²) in [4.78, 5) is 0. The first-order valence-corrected chi connectivity index (χ1v) is 44.6. The largest absolute Gasteiger partial charge is 0.0594 e. The van der Waals surface area contributed by atoms with Gasteiger partial charge in [0.25, 0.3) is 0 Å². The number of rotatable bonds is 0. The normalized spacial score (nSPS) is 39.6. The van der Waals surface area contributed by atoms with Crippen LogP contribution in [0.4, 0.5) is 0 Å². The molecular weight excluding hydrogens is 1080 g/mol. The quantitative estimate of drug-likeness (QED) is 0.212. The Morgan fingerprint density at radius 1 is 0.133 bits per heavy atom. The third-order valence-electron chi connectivity index (χ3n) is 29.9. The van der Waals surface area contributed by atoms with Gasteiger partial charge in [-0.05, 0) is 165 Å². The van der Waals surface area contributed by atoms with Crippen LogP contribution in [0.25, 0.3) is 0 Å². The van der Waals surface area contributed by atoms with Crippen molar-refractivity contribution in [2.45, 2.75) is 476 Å². The van der Waals surface area contributed by atoms with Gasteiger partial charge in [0.1, 0.15) is 0 Å². The van der Waals surface area contributed by atoms with Crippen molar-refractivity contribution < 1.29 is 0 Å². The first-order valence-electron chi connectivity index (χ1n) is 44.6. The maximum absolute atomic E-state index is 2.54. The van der Waals surface area contributed by atoms with E-state index >= 15 is 0 Å². The Kier molecular flexibility index (Phi) is 37.0. The van der Waals surface area contributed by atoms with E-state index in [-0.39, 0.29) is 0 Å². The predicted octanol–water partition coefficient (Wildman–Crippen LogP) is 30.8. The van der Waals surface area contributed by atoms with Crippen LogP contribution in [0.5, 0.6) is 0 Å². The summed E-state index contributed by atoms with van der Waals surface area (Å²) in [5, 5.41) is 0. The molecule has 0 aliphatic heterocycles. The number of fused-ring (bicyclic) bond motifs is 8. The second-order valence-corrected chi connectivity index (χ2v) is 36.7. The summed E-state index contributed by atoms with van der Waals surface area (Å²) in [5.41, 5.74) is 0.774. The Morgan fingerprint density at radius 2 is 0.278 bits per heavy atom. The van der Waals surface area contributed by atoms with E-state index in [4.69, 9.17) is 0 Å². The van der Waals surface area contributed by atoms with E-state index in [0.29, 0.717) is 0 Å². The first kappa shape index (κ1) is 74.2. The minimum absolute atomic E-state index is 0.774. The second kappa shape index (κ2) is 44.8. The van der Waals surface area contributed by atoms with Crippen LogP contribution in [0.1, 0.15) is 476 Å². The van der Waals surface area contributed by atoms with Crippen LogP contribution in [-0.2, 0) is 0 Å². The molecule has 0 spiro atoms. The standard InChI is InChI=1S/2C11H20.C9H16.C8H14.C8H16.2C7H12.C7H14.C6H10.C6H12.C5H8.C5H10/c1-11-8-4-2-6-10(11)7-3-5-9-11;1-2-6-10-8-4-5-9-11(10)7-3-1;1-2-5-9-7-3-6-8(9)4-1;1-3-7-5-2-6-8(7)4-1;1-2-4-6-8-7-5-3-1;1-2-6-4-5-7(6)3-1;1-2-4-7-5-6(7)3-1;1-2-4-6-7-5-3-1;1-2-5-4-6(5)3-1;1-2-4-6-5-3-1;1-2-5-3-4(1)5;1-2-4-5-3-1/h10H,2-9H2,1H3;10-11H,1-9H2;8-9H,1-7H2;7-8H,1-6H2;1-8H2;2*6-7H,1-5H2;1-7H2;5-6H,1-4H2;1-6H2;4-5H,1-3H2;1-5H2/t;;8-,9+;;;2*6-,7+;;5-,6+;;4-,5+;. The molecule has 20 fully saturated rings. The Balaban J connectivity index is 0.000000117. The summed E-state index contributed by atoms with van der Waals surface area (Å²) in [6, 6.07) is 0. The highest BCUT2D eigenvalue weighted by molar-refractivity contribution is 4.95. The molecule has 20 aliphatic carbocycles. The van der Waals surface area contributed by atoms with Crippen molar-refractivity contribution >= 4 is 0 Å². The zero-order chi connectivity index (χ0) is 61.8. The Labute approximate surface area is 566 Å². The van der Waals surface area contributed by atoms with Gasteiger partial charge in [0.2, 0.25) is 0 Å². The topological polar surface area (TPSA) is 0 Å². The van der Waals surface area contributed by atoms with Crippen LogP contribution in [-0.4, -0.2) is 0 Å². The highest BCUT2D eigenvalue weighted by Gasteiger charge is 2.45. The van der Waals surface area contributed by atoms with Crippen molar-refractivity contribution in [3.05, 3.63) is 0 Å². The maximum Gasteiger partial charge on any atom is -0.0298 e. The van der Waals surface area contributed by atoms with Crippen molar-refractivity contribution in [1.82, 2.24) is 0 Å². The molecule has 20 aliphatic rings. The molecule has 0 N–H and O–H groups in total. The van der Waals surface area contributed by atoms with Crippen LogP contribution in [0.3, 0.4) is 0 Å². The molecule has 0 radical (unpaired) electrons. The third-order valence-corrected chi connectivity index (χ3v) is 29.9. The molecule has 0 nitrogen and oxygen atoms in total. The summed E-state index contributed by atoms with van der Waals surface area (Å²) < 4.78 is 0. The molecule has 0 aromatic rings. The molecule has 0 amide bonds. The number of hydrogen-bond donors (Lipinski definition) is 0. The van der Waals surface area contributed by atoms with Crippen LogP contribution < -0.4 is 0 Å². The zero-order valence-electron chi connectivity index (χ0n) is 61.8. The minimum Gasteiger partial charge on any atom is -0.0594 e. The van der Waals surface area contributed by atoms with E-state index in [1.165, 1.54) is 379 Å². The lowest BCUT2D eigenvalue weighted by molar-refractivity contribution is 0.0647. The third kappa shape index (κ3) is 29.2. The summed E-state index contributed by atoms with van der Waals surface area (Å²) in [6.45, 7) is 2.54. The van der Waals surface area contributed by atoms with E-state index in [0.717, 1.165) is 23.2 Å². The van der Waals surface area contributed by atoms with Gasteiger partial charge in [0.05, 0.1) is 0 Å². The van der Waals surface area contributed by atoms with Crippen molar-refractivity contribution in [2.75, 3.05) is 0 Å². The van der Waals surface area contributed by atoms with Crippen molar-refractivity contribution in [3.8, 4) is 0 Å². The van der Waals surface area contributed by atoms with Gasteiger partial charge in [-0.1, -0.05) is 405 Å². The van der Waals surface area contributed by atoms with Crippen LogP contribution >= 0.6 is 0 Å². The van der Waals surface area contributed by atoms with Gasteiger partial charge in [0, 0.05) is 0 Å². The lowest BCUT2D eigenvalue weighted by Gasteiger charge is -2.45. The molecule has 0 bridgehead atoms. The first-order chi connectivity index (χ1) is 44.6. The molecule has 90 heavy (non-hydrogen) atoms. The predicted molar refractivity (Wildman–Crippen MR) is 397 cm³/mol. The fourth-order valence-corrected chi connectivity index (χ4v) is 22.8. The average Bonchev–Trinajstić information content (AvgIpc) is 1.93. The van der Waals surface area contributed by atoms with Gasteiger partial charge < -0.3 is 0 Å². The SMILES string of the molecule is C1CC2CCCC2C1.C1CCC2CCCCC2CC1.C1CCCC1.C1CCCCC1.C1CCCCCC1.C1CCCCCCC1.C1CC[C@H]2CCC[C@H]2C1.C1CC[C@H]2C[C@H]2C1.C1C[C@@H]2CC[C@@H]2C1.C1C[C@@H]2C[C@@H]2C1.C1C[C@H]2C[C@@H]12.CC12CCCCC1CCCC2. The molecule has 0 aromatic heterocycles. The molecule has 0 heterocycles. The molecule has 524 valence electrons. The Morgan fingerprint density at radius 3 is 0.467 bits per heavy atom. The van der Waals surface area contributed by atoms with Crippen molar-refractivity contribution in [1.29, 1.82) is 0 Å². The smallest absolute Gasteiger partial charge is 0.0298 e. The van der Waals surface area contributed by atoms with Gasteiger partial charge in [-0.25, -0.2) is 0 Å². The highest BCUT2D eigenvalue weighted by Crippen LogP contribution is 2.56. The summed E-state index contributed by atoms with van der Waals surface area (Å²) in [7, 11) is 0. The fourth-order valence-electron chi connectivity index (χ4n) is 22.8. The lowest BCUT2D eigenvalue weighted by Crippen LogP contribution is -2.33. The molecule has 0 aromatic carbocycles. The zero-order valence-corrected chi connectivity index (χ0v) is 61.8. The van der Waals surface area contributed by atoms with E-state index in [1.807, 2.05) is 0 Å². The van der Waals surface area contributed by atoms with Crippen LogP contribution in [0, 0.1) is 94.2 Å². The van der Waals surface area contributed by atoms with Crippen LogP contribution in [0.2, 0.25) is 0 Å². The van der Waals surface area contributed by atoms with Gasteiger partial charge in [-0.2, -0.15) is 0 Å². The summed E-state index contributed by atoms with van der Waals surface area (Å²) in [5.74, 6) is 17.8. The molecule has 20 saturated carbocycles. The van der Waals surface area contributed by atoms with E-state index in [1.54, 1.807) is 161 Å². The monoisotopic (exact) mass is 1250 g/mol. The fraction of sp³-hybridized carbons (Fsp3) is 1.00. The van der Waals surface area contributed by atoms with Gasteiger partial charge in [-0.15, -0.1) is 0 Å². The van der Waals surface area contributed by atoms with E-state index in [2.05, 4.69) is 6.92 Å². The summed E-state index contributed by atoms with van der Waals surface area (Å²) in [6.07, 6.45) is 112. The highest BCUT2D eigenvalue weighted by atomic mass is 14.5. The maximum atomic E-state index is 2.54. The molecular formula is C90H164. The Hall–Kier alpha value is 0. The van der Waals surface area contributed by atoms with Gasteiger partial charge in [0.15, 0.2) is 0 Å². The summed E-state index contributed by atoms with van der Waals surface area (Å²) >= 11 is 0. The molecule has 0 heteroatoms. The van der Waals surface area contributed by atoms with Gasteiger partial charge >= 0.3 is 0 Å². The van der Waals surface area contributed by atoms with Crippen molar-refractivity contribution in [3.63, 3.8) is 0 Å². The average molecular weight is 1250 g/mol. The Bertz CT molecular complexity index is 1550.